The second-order valence-corrected chi connectivity index (χ2v) is 6.28. The highest BCUT2D eigenvalue weighted by Gasteiger charge is 2.21. The highest BCUT2D eigenvalue weighted by molar-refractivity contribution is 6.35. The maximum Gasteiger partial charge on any atom is 0.260 e. The Hall–Kier alpha value is -1.01. The van der Waals surface area contributed by atoms with E-state index in [1.54, 1.807) is 25.3 Å². The maximum atomic E-state index is 12.2. The summed E-state index contributed by atoms with van der Waals surface area (Å²) in [6, 6.07) is 4.96. The van der Waals surface area contributed by atoms with Crippen LogP contribution >= 0.6 is 23.2 Å². The molecule has 0 atom stereocenters. The van der Waals surface area contributed by atoms with Crippen LogP contribution in [-0.4, -0.2) is 68.8 Å². The molecule has 1 saturated heterocycles. The summed E-state index contributed by atoms with van der Waals surface area (Å²) in [6.07, 6.45) is 1.02. The van der Waals surface area contributed by atoms with Crippen molar-refractivity contribution in [2.45, 2.75) is 6.42 Å². The second-order valence-electron chi connectivity index (χ2n) is 5.43. The number of piperazine rings is 1. The van der Waals surface area contributed by atoms with Crippen LogP contribution < -0.4 is 4.74 Å². The fourth-order valence-electron chi connectivity index (χ4n) is 2.48. The van der Waals surface area contributed by atoms with Crippen molar-refractivity contribution in [2.75, 3.05) is 53.0 Å². The fraction of sp³-hybridized carbons (Fsp3) is 0.562. The Balaban J connectivity index is 1.72. The molecule has 1 heterocycles. The summed E-state index contributed by atoms with van der Waals surface area (Å²) < 4.78 is 10.6. The summed E-state index contributed by atoms with van der Waals surface area (Å²) in [5, 5.41) is 0.950. The average Bonchev–Trinajstić information content (AvgIpc) is 2.55. The van der Waals surface area contributed by atoms with Crippen LogP contribution in [0.25, 0.3) is 0 Å². The zero-order chi connectivity index (χ0) is 16.7. The van der Waals surface area contributed by atoms with Crippen molar-refractivity contribution in [1.82, 2.24) is 9.80 Å². The van der Waals surface area contributed by atoms with E-state index in [1.165, 1.54) is 0 Å². The number of hydrogen-bond donors (Lipinski definition) is 0. The lowest BCUT2D eigenvalue weighted by atomic mass is 10.3. The van der Waals surface area contributed by atoms with Crippen molar-refractivity contribution >= 4 is 29.1 Å². The molecule has 1 aromatic rings. The molecule has 0 bridgehead atoms. The molecule has 5 nitrogen and oxygen atoms in total. The van der Waals surface area contributed by atoms with E-state index < -0.39 is 0 Å². The van der Waals surface area contributed by atoms with E-state index in [4.69, 9.17) is 32.7 Å². The highest BCUT2D eigenvalue weighted by Crippen LogP contribution is 2.27. The minimum atomic E-state index is -0.0208. The van der Waals surface area contributed by atoms with E-state index in [2.05, 4.69) is 4.90 Å². The van der Waals surface area contributed by atoms with Crippen molar-refractivity contribution in [3.8, 4) is 5.75 Å². The molecule has 0 radical (unpaired) electrons. The molecule has 23 heavy (non-hydrogen) atoms. The predicted molar refractivity (Wildman–Crippen MR) is 91.5 cm³/mol. The van der Waals surface area contributed by atoms with Crippen molar-refractivity contribution in [1.29, 1.82) is 0 Å². The molecule has 1 aromatic carbocycles. The maximum absolute atomic E-state index is 12.2. The quantitative estimate of drug-likeness (QED) is 0.700. The van der Waals surface area contributed by atoms with E-state index in [1.807, 2.05) is 4.90 Å². The normalized spacial score (nSPS) is 15.7. The van der Waals surface area contributed by atoms with Crippen LogP contribution in [0.15, 0.2) is 18.2 Å². The Kier molecular flexibility index (Phi) is 7.43. The summed E-state index contributed by atoms with van der Waals surface area (Å²) >= 11 is 11.9. The first-order chi connectivity index (χ1) is 11.1. The summed E-state index contributed by atoms with van der Waals surface area (Å²) in [6.45, 7) is 4.99. The average molecular weight is 361 g/mol. The number of nitrogens with zero attached hydrogens (tertiary/aromatic N) is 2. The van der Waals surface area contributed by atoms with Crippen LogP contribution in [0.3, 0.4) is 0 Å². The van der Waals surface area contributed by atoms with Gasteiger partial charge in [0.2, 0.25) is 0 Å². The van der Waals surface area contributed by atoms with Gasteiger partial charge >= 0.3 is 0 Å². The van der Waals surface area contributed by atoms with Crippen molar-refractivity contribution < 1.29 is 14.3 Å². The Bertz CT molecular complexity index is 520. The topological polar surface area (TPSA) is 42.0 Å². The minimum Gasteiger partial charge on any atom is -0.482 e. The molecule has 0 saturated carbocycles. The number of hydrogen-bond acceptors (Lipinski definition) is 4. The van der Waals surface area contributed by atoms with Gasteiger partial charge < -0.3 is 14.4 Å². The second kappa shape index (κ2) is 9.33. The van der Waals surface area contributed by atoms with E-state index in [-0.39, 0.29) is 12.5 Å². The molecule has 128 valence electrons. The summed E-state index contributed by atoms with van der Waals surface area (Å²) in [5.74, 6) is 0.454. The third-order valence-electron chi connectivity index (χ3n) is 3.79. The third-order valence-corrected chi connectivity index (χ3v) is 4.32. The fourth-order valence-corrected chi connectivity index (χ4v) is 2.94. The van der Waals surface area contributed by atoms with Crippen LogP contribution in [0.5, 0.6) is 5.75 Å². The number of methoxy groups -OCH3 is 1. The monoisotopic (exact) mass is 360 g/mol. The lowest BCUT2D eigenvalue weighted by Crippen LogP contribution is -2.50. The Morgan fingerprint density at radius 3 is 2.61 bits per heavy atom. The van der Waals surface area contributed by atoms with E-state index in [0.29, 0.717) is 15.8 Å². The first-order valence-electron chi connectivity index (χ1n) is 7.67. The van der Waals surface area contributed by atoms with E-state index in [0.717, 1.165) is 45.8 Å². The summed E-state index contributed by atoms with van der Waals surface area (Å²) in [4.78, 5) is 16.4. The lowest BCUT2D eigenvalue weighted by molar-refractivity contribution is -0.135. The predicted octanol–water partition coefficient (Wildman–Crippen LogP) is 2.55. The van der Waals surface area contributed by atoms with Gasteiger partial charge in [0.25, 0.3) is 5.91 Å². The smallest absolute Gasteiger partial charge is 0.260 e. The van der Waals surface area contributed by atoms with Gasteiger partial charge in [-0.15, -0.1) is 0 Å². The molecule has 1 fully saturated rings. The molecule has 1 aliphatic heterocycles. The Labute approximate surface area is 147 Å². The third kappa shape index (κ3) is 5.84. The van der Waals surface area contributed by atoms with E-state index >= 15 is 0 Å². The first-order valence-corrected chi connectivity index (χ1v) is 8.42. The molecular weight excluding hydrogens is 339 g/mol. The highest BCUT2D eigenvalue weighted by atomic mass is 35.5. The number of carbonyl (C=O) groups is 1. The molecule has 0 aliphatic carbocycles. The number of carbonyl (C=O) groups excluding carboxylic acids is 1. The number of benzene rings is 1. The lowest BCUT2D eigenvalue weighted by Gasteiger charge is -2.34. The molecule has 1 aliphatic rings. The molecule has 0 aromatic heterocycles. The van der Waals surface area contributed by atoms with Gasteiger partial charge in [0.15, 0.2) is 6.61 Å². The zero-order valence-electron chi connectivity index (χ0n) is 13.3. The Morgan fingerprint density at radius 1 is 1.22 bits per heavy atom. The summed E-state index contributed by atoms with van der Waals surface area (Å²) in [5.41, 5.74) is 0. The van der Waals surface area contributed by atoms with Crippen LogP contribution in [0, 0.1) is 0 Å². The number of rotatable bonds is 7. The van der Waals surface area contributed by atoms with Crippen LogP contribution in [0.1, 0.15) is 6.42 Å². The molecule has 7 heteroatoms. The standard InChI is InChI=1S/C16H22Cl2N2O3/c1-22-10-2-5-19-6-8-20(9-7-19)16(21)12-23-15-4-3-13(17)11-14(15)18/h3-4,11H,2,5-10,12H2,1H3. The van der Waals surface area contributed by atoms with Gasteiger partial charge in [-0.05, 0) is 24.6 Å². The minimum absolute atomic E-state index is 0.00890. The molecular formula is C16H22Cl2N2O3. The first kappa shape index (κ1) is 18.3. The molecule has 0 spiro atoms. The largest absolute Gasteiger partial charge is 0.482 e. The van der Waals surface area contributed by atoms with Crippen molar-refractivity contribution in [3.05, 3.63) is 28.2 Å². The molecule has 1 amide bonds. The van der Waals surface area contributed by atoms with Crippen LogP contribution in [0.4, 0.5) is 0 Å². The van der Waals surface area contributed by atoms with Gasteiger partial charge in [-0.1, -0.05) is 23.2 Å². The van der Waals surface area contributed by atoms with Crippen molar-refractivity contribution in [2.24, 2.45) is 0 Å². The molecule has 0 N–H and O–H groups in total. The van der Waals surface area contributed by atoms with E-state index in [9.17, 15) is 4.79 Å². The number of ether oxygens (including phenoxy) is 2. The van der Waals surface area contributed by atoms with Gasteiger partial charge in [0.1, 0.15) is 5.75 Å². The Morgan fingerprint density at radius 2 is 1.96 bits per heavy atom. The van der Waals surface area contributed by atoms with Crippen molar-refractivity contribution in [3.63, 3.8) is 0 Å². The summed E-state index contributed by atoms with van der Waals surface area (Å²) in [7, 11) is 1.71. The SMILES string of the molecule is COCCCN1CCN(C(=O)COc2ccc(Cl)cc2Cl)CC1. The molecule has 2 rings (SSSR count). The van der Waals surface area contributed by atoms with Gasteiger partial charge in [-0.2, -0.15) is 0 Å². The van der Waals surface area contributed by atoms with Gasteiger partial charge in [-0.3, -0.25) is 9.69 Å². The van der Waals surface area contributed by atoms with Crippen LogP contribution in [0.2, 0.25) is 10.0 Å². The number of halogens is 2. The van der Waals surface area contributed by atoms with Crippen LogP contribution in [-0.2, 0) is 9.53 Å². The zero-order valence-corrected chi connectivity index (χ0v) is 14.8. The molecule has 0 unspecified atom stereocenters. The van der Waals surface area contributed by atoms with Gasteiger partial charge in [-0.25, -0.2) is 0 Å². The number of amides is 1. The van der Waals surface area contributed by atoms with Gasteiger partial charge in [0.05, 0.1) is 5.02 Å². The van der Waals surface area contributed by atoms with Gasteiger partial charge in [0, 0.05) is 51.5 Å².